The molecule has 1 heterocycles. The molecule has 0 spiro atoms. The second-order valence-electron chi connectivity index (χ2n) is 7.16. The van der Waals surface area contributed by atoms with E-state index in [1.165, 1.54) is 6.20 Å². The molecule has 0 radical (unpaired) electrons. The van der Waals surface area contributed by atoms with Gasteiger partial charge < -0.3 is 16.6 Å². The van der Waals surface area contributed by atoms with Gasteiger partial charge in [-0.2, -0.15) is 5.10 Å². The lowest BCUT2D eigenvalue weighted by Crippen LogP contribution is -2.27. The Balaban J connectivity index is 1.72. The van der Waals surface area contributed by atoms with Crippen LogP contribution in [0, 0.1) is 11.8 Å². The fourth-order valence-corrected chi connectivity index (χ4v) is 4.42. The summed E-state index contributed by atoms with van der Waals surface area (Å²) in [5.74, 6) is 1.36. The summed E-state index contributed by atoms with van der Waals surface area (Å²) in [7, 11) is 1.75. The summed E-state index contributed by atoms with van der Waals surface area (Å²) in [6.07, 6.45) is 8.39. The second kappa shape index (κ2) is 6.48. The lowest BCUT2D eigenvalue weighted by molar-refractivity contribution is 0.0751. The van der Waals surface area contributed by atoms with E-state index < -0.39 is 5.60 Å². The first-order valence-corrected chi connectivity index (χ1v) is 8.50. The molecule has 2 aliphatic carbocycles. The van der Waals surface area contributed by atoms with Gasteiger partial charge in [-0.3, -0.25) is 14.5 Å². The van der Waals surface area contributed by atoms with Crippen molar-refractivity contribution in [2.24, 2.45) is 29.6 Å². The van der Waals surface area contributed by atoms with Gasteiger partial charge in [0.05, 0.1) is 17.0 Å². The summed E-state index contributed by atoms with van der Waals surface area (Å²) >= 11 is 0. The fraction of sp³-hybridized carbons (Fsp3) is 0.500. The number of rotatable bonds is 5. The number of fused-ring (bicyclic) bond motifs is 1. The zero-order chi connectivity index (χ0) is 18.2. The van der Waals surface area contributed by atoms with Crippen molar-refractivity contribution in [1.82, 2.24) is 9.78 Å². The summed E-state index contributed by atoms with van der Waals surface area (Å²) in [6.45, 7) is 3.93. The van der Waals surface area contributed by atoms with Crippen LogP contribution >= 0.6 is 0 Å². The van der Waals surface area contributed by atoms with Crippen LogP contribution in [0.2, 0.25) is 0 Å². The number of carbonyl (C=O) groups excluding carboxylic acids is 1. The van der Waals surface area contributed by atoms with Gasteiger partial charge in [-0.15, -0.1) is 0 Å². The zero-order valence-electron chi connectivity index (χ0n) is 14.4. The third kappa shape index (κ3) is 3.00. The number of carbonyl (C=O) groups is 1. The Bertz CT molecular complexity index is 735. The average Bonchev–Trinajstić information content (AvgIpc) is 3.18. The van der Waals surface area contributed by atoms with Gasteiger partial charge >= 0.3 is 0 Å². The minimum Gasteiger partial charge on any atom is -0.405 e. The second-order valence-corrected chi connectivity index (χ2v) is 7.16. The summed E-state index contributed by atoms with van der Waals surface area (Å²) < 4.78 is 1.56. The van der Waals surface area contributed by atoms with Gasteiger partial charge in [0.1, 0.15) is 11.4 Å². The van der Waals surface area contributed by atoms with Gasteiger partial charge in [-0.1, -0.05) is 6.58 Å². The minimum absolute atomic E-state index is 0.209. The van der Waals surface area contributed by atoms with Crippen LogP contribution in [0.1, 0.15) is 47.7 Å². The molecule has 0 aliphatic heterocycles. The first-order valence-electron chi connectivity index (χ1n) is 8.50. The molecule has 7 nitrogen and oxygen atoms in total. The van der Waals surface area contributed by atoms with E-state index in [2.05, 4.69) is 16.7 Å². The van der Waals surface area contributed by atoms with Crippen molar-refractivity contribution >= 4 is 18.3 Å². The van der Waals surface area contributed by atoms with Gasteiger partial charge in [0, 0.05) is 19.2 Å². The lowest BCUT2D eigenvalue weighted by atomic mass is 9.90. The predicted molar refractivity (Wildman–Crippen MR) is 97.1 cm³/mol. The number of nitrogens with two attached hydrogens (primary N) is 2. The molecule has 2 unspecified atom stereocenters. The van der Waals surface area contributed by atoms with Gasteiger partial charge in [-0.05, 0) is 49.8 Å². The van der Waals surface area contributed by atoms with Crippen molar-refractivity contribution in [3.63, 3.8) is 0 Å². The molecule has 7 heteroatoms. The molecule has 134 valence electrons. The van der Waals surface area contributed by atoms with E-state index in [0.717, 1.165) is 24.8 Å². The third-order valence-electron chi connectivity index (χ3n) is 5.67. The monoisotopic (exact) mass is 343 g/mol. The number of nitrogen functional groups attached to an aromatic ring is 1. The Hall–Kier alpha value is -2.41. The number of hydrogen-bond donors (Lipinski definition) is 3. The van der Waals surface area contributed by atoms with Crippen LogP contribution in [-0.4, -0.2) is 33.0 Å². The standard InChI is InChI=1S/C18H25N5O2/c1-11(21-5-3-4-19)18(25)8-13-6-12(7-14(13)9-18)16-15(10-24)17(20)23(2)22-16/h3-5,10,12-14,25H,1,6-9,19-20H2,2H3/b4-3-,21-5?. The average molecular weight is 343 g/mol. The van der Waals surface area contributed by atoms with E-state index in [1.807, 2.05) is 0 Å². The molecule has 1 aromatic heterocycles. The number of aromatic nitrogens is 2. The SMILES string of the molecule is C=C(N=C/C=C\N)C1(O)CC2CC(c3nn(C)c(N)c3C=O)CC2C1. The number of hydrogen-bond acceptors (Lipinski definition) is 6. The van der Waals surface area contributed by atoms with Crippen LogP contribution in [0.25, 0.3) is 0 Å². The molecule has 1 aromatic rings. The zero-order valence-corrected chi connectivity index (χ0v) is 14.4. The molecule has 0 aromatic carbocycles. The van der Waals surface area contributed by atoms with E-state index >= 15 is 0 Å². The number of anilines is 1. The first kappa shape index (κ1) is 17.4. The Morgan fingerprint density at radius 3 is 2.64 bits per heavy atom. The lowest BCUT2D eigenvalue weighted by Gasteiger charge is -2.24. The molecule has 2 aliphatic rings. The molecule has 0 amide bonds. The quantitative estimate of drug-likeness (QED) is 0.553. The summed E-state index contributed by atoms with van der Waals surface area (Å²) in [4.78, 5) is 15.6. The maximum Gasteiger partial charge on any atom is 0.155 e. The Morgan fingerprint density at radius 2 is 2.08 bits per heavy atom. The van der Waals surface area contributed by atoms with Crippen LogP contribution in [-0.2, 0) is 7.05 Å². The highest BCUT2D eigenvalue weighted by molar-refractivity contribution is 5.83. The topological polar surface area (TPSA) is 120 Å². The summed E-state index contributed by atoms with van der Waals surface area (Å²) in [6, 6.07) is 0. The normalized spacial score (nSPS) is 31.8. The smallest absolute Gasteiger partial charge is 0.155 e. The van der Waals surface area contributed by atoms with Crippen LogP contribution < -0.4 is 11.5 Å². The highest BCUT2D eigenvalue weighted by atomic mass is 16.3. The van der Waals surface area contributed by atoms with E-state index in [9.17, 15) is 9.90 Å². The van der Waals surface area contributed by atoms with E-state index in [0.29, 0.717) is 41.8 Å². The number of aldehydes is 1. The van der Waals surface area contributed by atoms with Gasteiger partial charge in [-0.25, -0.2) is 0 Å². The fourth-order valence-electron chi connectivity index (χ4n) is 4.42. The number of allylic oxidation sites excluding steroid dienone is 1. The largest absolute Gasteiger partial charge is 0.405 e. The van der Waals surface area contributed by atoms with Crippen LogP contribution in [0.3, 0.4) is 0 Å². The number of aliphatic hydroxyl groups is 1. The number of aryl methyl sites for hydroxylation is 1. The summed E-state index contributed by atoms with van der Waals surface area (Å²) in [5, 5.41) is 15.4. The molecule has 5 N–H and O–H groups in total. The first-order chi connectivity index (χ1) is 11.9. The molecule has 3 rings (SSSR count). The maximum absolute atomic E-state index is 11.4. The molecular formula is C18H25N5O2. The van der Waals surface area contributed by atoms with Crippen LogP contribution in [0.4, 0.5) is 5.82 Å². The van der Waals surface area contributed by atoms with Crippen molar-refractivity contribution < 1.29 is 9.90 Å². The highest BCUT2D eigenvalue weighted by Crippen LogP contribution is 2.55. The van der Waals surface area contributed by atoms with Gasteiger partial charge in [0.2, 0.25) is 0 Å². The Labute approximate surface area is 147 Å². The van der Waals surface area contributed by atoms with Crippen molar-refractivity contribution in [2.45, 2.75) is 37.2 Å². The molecule has 2 fully saturated rings. The molecule has 25 heavy (non-hydrogen) atoms. The highest BCUT2D eigenvalue weighted by Gasteiger charge is 2.51. The summed E-state index contributed by atoms with van der Waals surface area (Å²) in [5.41, 5.74) is 12.0. The predicted octanol–water partition coefficient (Wildman–Crippen LogP) is 1.51. The maximum atomic E-state index is 11.4. The van der Waals surface area contributed by atoms with Crippen molar-refractivity contribution in [1.29, 1.82) is 0 Å². The molecule has 0 saturated heterocycles. The Morgan fingerprint density at radius 1 is 1.44 bits per heavy atom. The molecule has 2 saturated carbocycles. The molecular weight excluding hydrogens is 318 g/mol. The van der Waals surface area contributed by atoms with E-state index in [-0.39, 0.29) is 5.92 Å². The number of aliphatic imine (C=N–C) groups is 1. The third-order valence-corrected chi connectivity index (χ3v) is 5.67. The number of nitrogens with zero attached hydrogens (tertiary/aromatic N) is 3. The van der Waals surface area contributed by atoms with Crippen molar-refractivity contribution in [3.8, 4) is 0 Å². The van der Waals surface area contributed by atoms with Gasteiger partial charge in [0.25, 0.3) is 0 Å². The van der Waals surface area contributed by atoms with E-state index in [1.54, 1.807) is 24.0 Å². The van der Waals surface area contributed by atoms with Crippen molar-refractivity contribution in [3.05, 3.63) is 35.8 Å². The van der Waals surface area contributed by atoms with E-state index in [4.69, 9.17) is 11.5 Å². The minimum atomic E-state index is -0.962. The van der Waals surface area contributed by atoms with Crippen molar-refractivity contribution in [2.75, 3.05) is 5.73 Å². The van der Waals surface area contributed by atoms with Crippen LogP contribution in [0.5, 0.6) is 0 Å². The molecule has 0 bridgehead atoms. The Kier molecular flexibility index (Phi) is 4.51. The van der Waals surface area contributed by atoms with Crippen LogP contribution in [0.15, 0.2) is 29.5 Å². The molecule has 2 atom stereocenters. The van der Waals surface area contributed by atoms with Gasteiger partial charge in [0.15, 0.2) is 6.29 Å².